The Morgan fingerprint density at radius 2 is 2.00 bits per heavy atom. The molecular formula is C20H26FN3O3S. The van der Waals surface area contributed by atoms with Gasteiger partial charge in [-0.25, -0.2) is 12.8 Å². The fourth-order valence-corrected chi connectivity index (χ4v) is 5.37. The number of hydrogen-bond donors (Lipinski definition) is 0. The number of rotatable bonds is 6. The Hall–Kier alpha value is -2.06. The molecular weight excluding hydrogens is 381 g/mol. The third-order valence-corrected chi connectivity index (χ3v) is 6.87. The number of halogens is 1. The van der Waals surface area contributed by atoms with Gasteiger partial charge in [-0.15, -0.1) is 0 Å². The Bertz CT molecular complexity index is 992. The molecule has 0 aliphatic carbocycles. The van der Waals surface area contributed by atoms with Gasteiger partial charge in [0.15, 0.2) is 9.84 Å². The average molecular weight is 408 g/mol. The van der Waals surface area contributed by atoms with Gasteiger partial charge in [0, 0.05) is 24.0 Å². The molecule has 6 nitrogen and oxygen atoms in total. The summed E-state index contributed by atoms with van der Waals surface area (Å²) in [6.45, 7) is 3.01. The molecule has 0 bridgehead atoms. The number of benzene rings is 1. The normalized spacial score (nSPS) is 18.7. The van der Waals surface area contributed by atoms with Crippen molar-refractivity contribution >= 4 is 26.6 Å². The highest BCUT2D eigenvalue weighted by atomic mass is 32.2. The van der Waals surface area contributed by atoms with Crippen LogP contribution in [0.25, 0.3) is 10.9 Å². The number of hydrogen-bond acceptors (Lipinski definition) is 5. The quantitative estimate of drug-likeness (QED) is 0.735. The number of aromatic nitrogens is 1. The van der Waals surface area contributed by atoms with Gasteiger partial charge in [-0.3, -0.25) is 9.78 Å². The summed E-state index contributed by atoms with van der Waals surface area (Å²) in [5.41, 5.74) is 1.45. The van der Waals surface area contributed by atoms with Gasteiger partial charge >= 0.3 is 0 Å². The second-order valence-electron chi connectivity index (χ2n) is 7.67. The minimum atomic E-state index is -3.11. The molecule has 2 aromatic rings. The highest BCUT2D eigenvalue weighted by Gasteiger charge is 2.35. The predicted molar refractivity (Wildman–Crippen MR) is 108 cm³/mol. The fraction of sp³-hybridized carbons (Fsp3) is 0.500. The molecule has 0 saturated carbocycles. The number of amides is 1. The SMILES string of the molecule is Cc1nc2cc(F)ccc2cc1C(=O)N(CCCN(C)C)C1CCS(=O)(=O)C1. The van der Waals surface area contributed by atoms with Gasteiger partial charge in [-0.05, 0) is 58.6 Å². The topological polar surface area (TPSA) is 70.6 Å². The van der Waals surface area contributed by atoms with Crippen molar-refractivity contribution in [1.29, 1.82) is 0 Å². The zero-order valence-corrected chi connectivity index (χ0v) is 17.3. The minimum absolute atomic E-state index is 0.00593. The average Bonchev–Trinajstić information content (AvgIpc) is 2.97. The molecule has 1 fully saturated rings. The number of fused-ring (bicyclic) bond motifs is 1. The van der Waals surface area contributed by atoms with Gasteiger partial charge in [-0.2, -0.15) is 0 Å². The first kappa shape index (κ1) is 20.7. The standard InChI is InChI=1S/C20H26FN3O3S/c1-14-18(11-15-5-6-16(21)12-19(15)22-14)20(25)24(9-4-8-23(2)3)17-7-10-28(26,27)13-17/h5-6,11-12,17H,4,7-10,13H2,1-3H3. The molecule has 1 aromatic carbocycles. The lowest BCUT2D eigenvalue weighted by Crippen LogP contribution is -2.42. The first-order valence-electron chi connectivity index (χ1n) is 9.39. The zero-order chi connectivity index (χ0) is 20.5. The van der Waals surface area contributed by atoms with Gasteiger partial charge in [0.2, 0.25) is 0 Å². The third-order valence-electron chi connectivity index (χ3n) is 5.12. The van der Waals surface area contributed by atoms with E-state index in [1.165, 1.54) is 12.1 Å². The van der Waals surface area contributed by atoms with E-state index >= 15 is 0 Å². The van der Waals surface area contributed by atoms with E-state index < -0.39 is 9.84 Å². The lowest BCUT2D eigenvalue weighted by atomic mass is 10.1. The number of nitrogens with zero attached hydrogens (tertiary/aromatic N) is 3. The van der Waals surface area contributed by atoms with Gasteiger partial charge in [0.05, 0.1) is 28.3 Å². The van der Waals surface area contributed by atoms with Crippen LogP contribution in [0.3, 0.4) is 0 Å². The molecule has 28 heavy (non-hydrogen) atoms. The van der Waals surface area contributed by atoms with Crippen molar-refractivity contribution in [2.24, 2.45) is 0 Å². The maximum Gasteiger partial charge on any atom is 0.255 e. The maximum atomic E-state index is 13.5. The summed E-state index contributed by atoms with van der Waals surface area (Å²) < 4.78 is 37.4. The molecule has 1 atom stereocenters. The van der Waals surface area contributed by atoms with Crippen molar-refractivity contribution in [2.45, 2.75) is 25.8 Å². The van der Waals surface area contributed by atoms with Crippen LogP contribution >= 0.6 is 0 Å². The van der Waals surface area contributed by atoms with E-state index in [1.54, 1.807) is 24.0 Å². The van der Waals surface area contributed by atoms with Crippen LogP contribution in [0.5, 0.6) is 0 Å². The summed E-state index contributed by atoms with van der Waals surface area (Å²) >= 11 is 0. The Labute approximate surface area is 165 Å². The molecule has 1 aliphatic heterocycles. The Morgan fingerprint density at radius 1 is 1.25 bits per heavy atom. The molecule has 8 heteroatoms. The molecule has 2 heterocycles. The van der Waals surface area contributed by atoms with Crippen molar-refractivity contribution in [3.8, 4) is 0 Å². The van der Waals surface area contributed by atoms with Crippen LogP contribution in [-0.4, -0.2) is 73.8 Å². The Morgan fingerprint density at radius 3 is 2.64 bits per heavy atom. The van der Waals surface area contributed by atoms with E-state index in [1.807, 2.05) is 19.0 Å². The van der Waals surface area contributed by atoms with Gasteiger partial charge < -0.3 is 9.80 Å². The molecule has 0 spiro atoms. The summed E-state index contributed by atoms with van der Waals surface area (Å²) in [5, 5.41) is 0.683. The summed E-state index contributed by atoms with van der Waals surface area (Å²) in [5.74, 6) is -0.466. The zero-order valence-electron chi connectivity index (χ0n) is 16.5. The molecule has 0 N–H and O–H groups in total. The number of carbonyl (C=O) groups is 1. The molecule has 1 aliphatic rings. The molecule has 1 aromatic heterocycles. The molecule has 1 amide bonds. The van der Waals surface area contributed by atoms with Crippen LogP contribution < -0.4 is 0 Å². The largest absolute Gasteiger partial charge is 0.335 e. The number of aryl methyl sites for hydroxylation is 1. The van der Waals surface area contributed by atoms with E-state index in [0.29, 0.717) is 35.1 Å². The van der Waals surface area contributed by atoms with E-state index in [0.717, 1.165) is 13.0 Å². The van der Waals surface area contributed by atoms with Crippen molar-refractivity contribution in [3.63, 3.8) is 0 Å². The van der Waals surface area contributed by atoms with E-state index in [9.17, 15) is 17.6 Å². The van der Waals surface area contributed by atoms with E-state index in [2.05, 4.69) is 4.98 Å². The minimum Gasteiger partial charge on any atom is -0.335 e. The molecule has 152 valence electrons. The maximum absolute atomic E-state index is 13.5. The van der Waals surface area contributed by atoms with Crippen LogP contribution in [0.15, 0.2) is 24.3 Å². The molecule has 1 unspecified atom stereocenters. The number of sulfone groups is 1. The summed E-state index contributed by atoms with van der Waals surface area (Å²) in [6, 6.07) is 5.69. The number of pyridine rings is 1. The summed E-state index contributed by atoms with van der Waals surface area (Å²) in [4.78, 5) is 21.5. The van der Waals surface area contributed by atoms with Crippen molar-refractivity contribution < 1.29 is 17.6 Å². The molecule has 1 saturated heterocycles. The van der Waals surface area contributed by atoms with Crippen LogP contribution in [0, 0.1) is 12.7 Å². The third kappa shape index (κ3) is 4.67. The first-order chi connectivity index (χ1) is 13.2. The lowest BCUT2D eigenvalue weighted by molar-refractivity contribution is 0.0689. The van der Waals surface area contributed by atoms with Crippen LogP contribution in [-0.2, 0) is 9.84 Å². The summed E-state index contributed by atoms with van der Waals surface area (Å²) in [7, 11) is 0.813. The Kier molecular flexibility index (Phi) is 6.00. The Balaban J connectivity index is 1.92. The van der Waals surface area contributed by atoms with Crippen LogP contribution in [0.4, 0.5) is 4.39 Å². The smallest absolute Gasteiger partial charge is 0.255 e. The van der Waals surface area contributed by atoms with Crippen LogP contribution in [0.1, 0.15) is 28.9 Å². The first-order valence-corrected chi connectivity index (χ1v) is 11.2. The van der Waals surface area contributed by atoms with Gasteiger partial charge in [0.25, 0.3) is 5.91 Å². The molecule has 0 radical (unpaired) electrons. The second kappa shape index (κ2) is 8.13. The van der Waals surface area contributed by atoms with Crippen LogP contribution in [0.2, 0.25) is 0 Å². The highest BCUT2D eigenvalue weighted by molar-refractivity contribution is 7.91. The second-order valence-corrected chi connectivity index (χ2v) is 9.90. The lowest BCUT2D eigenvalue weighted by Gasteiger charge is -2.29. The predicted octanol–water partition coefficient (Wildman–Crippen LogP) is 2.26. The van der Waals surface area contributed by atoms with E-state index in [-0.39, 0.29) is 29.3 Å². The van der Waals surface area contributed by atoms with Gasteiger partial charge in [0.1, 0.15) is 5.82 Å². The highest BCUT2D eigenvalue weighted by Crippen LogP contribution is 2.24. The van der Waals surface area contributed by atoms with Crippen molar-refractivity contribution in [3.05, 3.63) is 41.3 Å². The number of carbonyl (C=O) groups excluding carboxylic acids is 1. The monoisotopic (exact) mass is 407 g/mol. The van der Waals surface area contributed by atoms with Crippen molar-refractivity contribution in [2.75, 3.05) is 38.7 Å². The fourth-order valence-electron chi connectivity index (χ4n) is 3.64. The van der Waals surface area contributed by atoms with E-state index in [4.69, 9.17) is 0 Å². The molecule has 3 rings (SSSR count). The van der Waals surface area contributed by atoms with Gasteiger partial charge in [-0.1, -0.05) is 0 Å². The van der Waals surface area contributed by atoms with Crippen molar-refractivity contribution in [1.82, 2.24) is 14.8 Å². The summed E-state index contributed by atoms with van der Waals surface area (Å²) in [6.07, 6.45) is 1.21.